The van der Waals surface area contributed by atoms with Crippen LogP contribution in [0.4, 0.5) is 0 Å². The number of aliphatic hydroxyl groups excluding tert-OH is 1. The Kier molecular flexibility index (Phi) is 10.7. The lowest BCUT2D eigenvalue weighted by Gasteiger charge is -2.18. The maximum atomic E-state index is 9.97. The van der Waals surface area contributed by atoms with E-state index in [1.165, 1.54) is 0 Å². The highest BCUT2D eigenvalue weighted by Crippen LogP contribution is 2.36. The topological polar surface area (TPSA) is 50.7 Å². The van der Waals surface area contributed by atoms with Crippen LogP contribution in [0.3, 0.4) is 0 Å². The molecular weight excluding hydrogens is 562 g/mol. The predicted molar refractivity (Wildman–Crippen MR) is 108 cm³/mol. The molecule has 2 N–H and O–H groups in total. The second-order valence-corrected chi connectivity index (χ2v) is 8.95. The fourth-order valence-electron chi connectivity index (χ4n) is 1.58. The van der Waals surface area contributed by atoms with Crippen LogP contribution in [0.1, 0.15) is 13.8 Å². The third-order valence-electron chi connectivity index (χ3n) is 2.77. The molecule has 2 unspecified atom stereocenters. The van der Waals surface area contributed by atoms with Gasteiger partial charge in [0.2, 0.25) is 0 Å². The van der Waals surface area contributed by atoms with Crippen molar-refractivity contribution in [1.82, 2.24) is 5.32 Å². The number of halogens is 4. The molecule has 1 aromatic carbocycles. The highest BCUT2D eigenvalue weighted by atomic mass is 79.9. The number of alkyl halides is 2. The fraction of sp³-hybridized carbons (Fsp3) is 0.600. The van der Waals surface area contributed by atoms with Crippen LogP contribution >= 0.6 is 63.7 Å². The summed E-state index contributed by atoms with van der Waals surface area (Å²) in [6, 6.07) is 4.01. The first kappa shape index (κ1) is 21.7. The molecule has 0 heterocycles. The van der Waals surface area contributed by atoms with Crippen molar-refractivity contribution in [1.29, 1.82) is 0 Å². The first-order valence-electron chi connectivity index (χ1n) is 7.19. The number of hydrogen-bond acceptors (Lipinski definition) is 4. The summed E-state index contributed by atoms with van der Waals surface area (Å²) in [4.78, 5) is 0.207. The quantitative estimate of drug-likeness (QED) is 0.400. The summed E-state index contributed by atoms with van der Waals surface area (Å²) in [7, 11) is 0. The number of aliphatic hydroxyl groups is 1. The van der Waals surface area contributed by atoms with Gasteiger partial charge in [0.05, 0.1) is 4.83 Å². The summed E-state index contributed by atoms with van der Waals surface area (Å²) >= 11 is 13.8. The van der Waals surface area contributed by atoms with E-state index in [2.05, 4.69) is 69.0 Å². The Morgan fingerprint density at radius 3 is 2.09 bits per heavy atom. The van der Waals surface area contributed by atoms with Crippen LogP contribution in [0.2, 0.25) is 0 Å². The molecule has 0 radical (unpaired) electrons. The molecular formula is C15H21Br4NO3. The number of ether oxygens (including phenoxy) is 2. The summed E-state index contributed by atoms with van der Waals surface area (Å²) < 4.78 is 13.3. The van der Waals surface area contributed by atoms with E-state index in [-0.39, 0.29) is 11.4 Å². The van der Waals surface area contributed by atoms with Crippen molar-refractivity contribution in [2.24, 2.45) is 0 Å². The van der Waals surface area contributed by atoms with E-state index in [0.29, 0.717) is 30.7 Å². The summed E-state index contributed by atoms with van der Waals surface area (Å²) in [5, 5.41) is 13.9. The molecule has 0 aromatic heterocycles. The van der Waals surface area contributed by atoms with E-state index in [0.717, 1.165) is 14.3 Å². The minimum absolute atomic E-state index is 0.195. The van der Waals surface area contributed by atoms with E-state index in [1.807, 2.05) is 26.0 Å². The third kappa shape index (κ3) is 8.54. The normalized spacial score (nSPS) is 13.9. The summed E-state index contributed by atoms with van der Waals surface area (Å²) in [6.45, 7) is 5.25. The van der Waals surface area contributed by atoms with Crippen molar-refractivity contribution >= 4 is 63.7 Å². The van der Waals surface area contributed by atoms with E-state index >= 15 is 0 Å². The second-order valence-electron chi connectivity index (χ2n) is 5.30. The molecule has 1 aromatic rings. The van der Waals surface area contributed by atoms with Crippen LogP contribution in [0, 0.1) is 0 Å². The molecule has 0 fully saturated rings. The molecule has 23 heavy (non-hydrogen) atoms. The monoisotopic (exact) mass is 579 g/mol. The van der Waals surface area contributed by atoms with Gasteiger partial charge in [-0.25, -0.2) is 0 Å². The van der Waals surface area contributed by atoms with E-state index in [1.54, 1.807) is 0 Å². The average molecular weight is 583 g/mol. The van der Waals surface area contributed by atoms with Gasteiger partial charge < -0.3 is 19.9 Å². The molecule has 0 spiro atoms. The van der Waals surface area contributed by atoms with Crippen LogP contribution in [0.25, 0.3) is 0 Å². The van der Waals surface area contributed by atoms with Crippen molar-refractivity contribution < 1.29 is 14.6 Å². The van der Waals surface area contributed by atoms with Crippen molar-refractivity contribution in [3.05, 3.63) is 21.1 Å². The Hall–Kier alpha value is 0.660. The molecule has 0 aliphatic rings. The molecule has 0 saturated heterocycles. The van der Waals surface area contributed by atoms with Gasteiger partial charge >= 0.3 is 0 Å². The Balaban J connectivity index is 2.69. The predicted octanol–water partition coefficient (Wildman–Crippen LogP) is 4.49. The maximum Gasteiger partial charge on any atom is 0.162 e. The second kappa shape index (κ2) is 11.3. The van der Waals surface area contributed by atoms with Gasteiger partial charge in [0.15, 0.2) is 11.5 Å². The molecule has 2 atom stereocenters. The van der Waals surface area contributed by atoms with E-state index < -0.39 is 6.10 Å². The van der Waals surface area contributed by atoms with Gasteiger partial charge in [-0.15, -0.1) is 0 Å². The van der Waals surface area contributed by atoms with Gasteiger partial charge in [-0.3, -0.25) is 0 Å². The summed E-state index contributed by atoms with van der Waals surface area (Å²) in [5.41, 5.74) is 0. The largest absolute Gasteiger partial charge is 0.488 e. The number of rotatable bonds is 10. The Morgan fingerprint density at radius 1 is 1.09 bits per heavy atom. The minimum atomic E-state index is -0.584. The molecule has 0 saturated carbocycles. The highest BCUT2D eigenvalue weighted by molar-refractivity contribution is 9.13. The van der Waals surface area contributed by atoms with Gasteiger partial charge in [-0.2, -0.15) is 0 Å². The maximum absolute atomic E-state index is 9.97. The van der Waals surface area contributed by atoms with Crippen LogP contribution < -0.4 is 14.8 Å². The molecule has 1 rings (SSSR count). The van der Waals surface area contributed by atoms with Crippen LogP contribution in [0.5, 0.6) is 11.5 Å². The lowest BCUT2D eigenvalue weighted by atomic mass is 10.3. The number of nitrogens with one attached hydrogen (secondary N) is 1. The molecule has 0 bridgehead atoms. The van der Waals surface area contributed by atoms with Crippen LogP contribution in [0.15, 0.2) is 21.1 Å². The Morgan fingerprint density at radius 2 is 1.61 bits per heavy atom. The van der Waals surface area contributed by atoms with Crippen molar-refractivity contribution in [3.63, 3.8) is 0 Å². The smallest absolute Gasteiger partial charge is 0.162 e. The standard InChI is InChI=1S/C15H21Br4NO3/c1-9(2)20-6-11(21)8-23-15-4-13(19)12(18)3-14(15)22-7-10(17)5-16/h3-4,9-11,20-21H,5-8H2,1-2H3. The van der Waals surface area contributed by atoms with Gasteiger partial charge in [0.25, 0.3) is 0 Å². The third-order valence-corrected chi connectivity index (χ3v) is 6.85. The SMILES string of the molecule is CC(C)NCC(O)COc1cc(Br)c(Br)cc1OCC(Br)CBr. The Labute approximate surface area is 171 Å². The van der Waals surface area contributed by atoms with Crippen molar-refractivity contribution in [2.45, 2.75) is 30.8 Å². The zero-order valence-electron chi connectivity index (χ0n) is 13.0. The molecule has 132 valence electrons. The van der Waals surface area contributed by atoms with Gasteiger partial charge in [-0.1, -0.05) is 45.7 Å². The van der Waals surface area contributed by atoms with Crippen LogP contribution in [-0.4, -0.2) is 47.2 Å². The highest BCUT2D eigenvalue weighted by Gasteiger charge is 2.14. The molecule has 0 aliphatic heterocycles. The lowest BCUT2D eigenvalue weighted by molar-refractivity contribution is 0.102. The average Bonchev–Trinajstić information content (AvgIpc) is 2.51. The van der Waals surface area contributed by atoms with Crippen LogP contribution in [-0.2, 0) is 0 Å². The molecule has 4 nitrogen and oxygen atoms in total. The van der Waals surface area contributed by atoms with Gasteiger partial charge in [-0.05, 0) is 44.0 Å². The van der Waals surface area contributed by atoms with E-state index in [4.69, 9.17) is 9.47 Å². The van der Waals surface area contributed by atoms with Gasteiger partial charge in [0.1, 0.15) is 19.3 Å². The minimum Gasteiger partial charge on any atom is -0.488 e. The number of benzene rings is 1. The summed E-state index contributed by atoms with van der Waals surface area (Å²) in [6.07, 6.45) is -0.584. The van der Waals surface area contributed by atoms with Gasteiger partial charge in [0, 0.05) is 26.9 Å². The molecule has 0 amide bonds. The first-order chi connectivity index (χ1) is 10.8. The summed E-state index contributed by atoms with van der Waals surface area (Å²) in [5.74, 6) is 1.23. The van der Waals surface area contributed by atoms with Crippen molar-refractivity contribution in [2.75, 3.05) is 25.1 Å². The van der Waals surface area contributed by atoms with E-state index in [9.17, 15) is 5.11 Å². The molecule has 8 heteroatoms. The van der Waals surface area contributed by atoms with Crippen molar-refractivity contribution in [3.8, 4) is 11.5 Å². The molecule has 0 aliphatic carbocycles. The zero-order chi connectivity index (χ0) is 17.4. The fourth-order valence-corrected chi connectivity index (χ4v) is 2.54. The lowest BCUT2D eigenvalue weighted by Crippen LogP contribution is -2.35. The number of hydrogen-bond donors (Lipinski definition) is 2. The zero-order valence-corrected chi connectivity index (χ0v) is 19.3. The first-order valence-corrected chi connectivity index (χ1v) is 10.8. The Bertz CT molecular complexity index is 488.